The van der Waals surface area contributed by atoms with Gasteiger partial charge in [-0.2, -0.15) is 0 Å². The number of carbonyl (C=O) groups excluding carboxylic acids is 1. The highest BCUT2D eigenvalue weighted by Crippen LogP contribution is 2.31. The molecule has 0 aromatic heterocycles. The van der Waals surface area contributed by atoms with Crippen molar-refractivity contribution in [2.75, 3.05) is 13.1 Å². The third kappa shape index (κ3) is 2.47. The highest BCUT2D eigenvalue weighted by molar-refractivity contribution is 5.95. The summed E-state index contributed by atoms with van der Waals surface area (Å²) < 4.78 is 0. The van der Waals surface area contributed by atoms with Crippen LogP contribution in [0.3, 0.4) is 0 Å². The van der Waals surface area contributed by atoms with Crippen LogP contribution in [0.25, 0.3) is 0 Å². The van der Waals surface area contributed by atoms with Crippen molar-refractivity contribution < 1.29 is 24.9 Å². The van der Waals surface area contributed by atoms with E-state index in [1.807, 2.05) is 0 Å². The Morgan fingerprint density at radius 1 is 1.21 bits per heavy atom. The minimum absolute atomic E-state index is 0.123. The third-order valence-electron chi connectivity index (χ3n) is 3.43. The molecule has 1 fully saturated rings. The predicted molar refractivity (Wildman–Crippen MR) is 66.0 cm³/mol. The normalized spacial score (nSPS) is 22.5. The van der Waals surface area contributed by atoms with E-state index in [2.05, 4.69) is 0 Å². The minimum Gasteiger partial charge on any atom is -0.508 e. The molecule has 102 valence electrons. The largest absolute Gasteiger partial charge is 0.508 e. The van der Waals surface area contributed by atoms with E-state index in [9.17, 15) is 19.8 Å². The molecule has 1 atom stereocenters. The maximum atomic E-state index is 12.2. The second-order valence-electron chi connectivity index (χ2n) is 5.08. The van der Waals surface area contributed by atoms with Gasteiger partial charge in [0.25, 0.3) is 5.91 Å². The molecule has 0 aliphatic carbocycles. The Morgan fingerprint density at radius 2 is 1.79 bits per heavy atom. The Hall–Kier alpha value is -2.24. The molecular weight excluding hydrogens is 250 g/mol. The topological polar surface area (TPSA) is 98.1 Å². The van der Waals surface area contributed by atoms with Gasteiger partial charge in [-0.15, -0.1) is 0 Å². The number of carboxylic acids is 1. The van der Waals surface area contributed by atoms with Crippen LogP contribution in [0.1, 0.15) is 23.7 Å². The number of rotatable bonds is 2. The summed E-state index contributed by atoms with van der Waals surface area (Å²) in [6.45, 7) is 2.07. The third-order valence-corrected chi connectivity index (χ3v) is 3.43. The predicted octanol–water partition coefficient (Wildman–Crippen LogP) is 1.03. The summed E-state index contributed by atoms with van der Waals surface area (Å²) in [4.78, 5) is 24.7. The summed E-state index contributed by atoms with van der Waals surface area (Å²) in [5.74, 6) is -1.73. The summed E-state index contributed by atoms with van der Waals surface area (Å²) in [6, 6.07) is 3.62. The molecule has 6 nitrogen and oxygen atoms in total. The van der Waals surface area contributed by atoms with Crippen molar-refractivity contribution in [3.63, 3.8) is 0 Å². The first-order chi connectivity index (χ1) is 8.82. The summed E-state index contributed by atoms with van der Waals surface area (Å²) in [5, 5.41) is 27.8. The number of carboxylic acid groups (broad SMARTS) is 1. The molecule has 0 bridgehead atoms. The first-order valence-corrected chi connectivity index (χ1v) is 5.87. The van der Waals surface area contributed by atoms with Gasteiger partial charge >= 0.3 is 5.97 Å². The van der Waals surface area contributed by atoms with Gasteiger partial charge in [0.2, 0.25) is 0 Å². The summed E-state index contributed by atoms with van der Waals surface area (Å²) >= 11 is 0. The first kappa shape index (κ1) is 13.2. The van der Waals surface area contributed by atoms with Crippen molar-refractivity contribution in [1.82, 2.24) is 4.90 Å². The van der Waals surface area contributed by atoms with Crippen LogP contribution in [0.2, 0.25) is 0 Å². The second-order valence-corrected chi connectivity index (χ2v) is 5.08. The zero-order valence-electron chi connectivity index (χ0n) is 10.5. The zero-order valence-corrected chi connectivity index (χ0v) is 10.5. The van der Waals surface area contributed by atoms with E-state index in [0.717, 1.165) is 6.07 Å². The number of benzene rings is 1. The van der Waals surface area contributed by atoms with Gasteiger partial charge in [-0.1, -0.05) is 0 Å². The van der Waals surface area contributed by atoms with E-state index in [1.165, 1.54) is 17.0 Å². The Kier molecular flexibility index (Phi) is 3.09. The van der Waals surface area contributed by atoms with Crippen molar-refractivity contribution in [3.05, 3.63) is 23.8 Å². The number of hydrogen-bond acceptors (Lipinski definition) is 4. The van der Waals surface area contributed by atoms with Gasteiger partial charge in [-0.3, -0.25) is 9.59 Å². The fourth-order valence-electron chi connectivity index (χ4n) is 2.21. The van der Waals surface area contributed by atoms with Crippen LogP contribution in [-0.4, -0.2) is 45.2 Å². The molecule has 1 unspecified atom stereocenters. The van der Waals surface area contributed by atoms with Crippen molar-refractivity contribution >= 4 is 11.9 Å². The highest BCUT2D eigenvalue weighted by atomic mass is 16.4. The molecular formula is C13H15NO5. The molecule has 1 amide bonds. The molecule has 2 rings (SSSR count). The zero-order chi connectivity index (χ0) is 14.2. The fourth-order valence-corrected chi connectivity index (χ4v) is 2.21. The molecule has 1 aromatic carbocycles. The number of amides is 1. The molecule has 1 saturated heterocycles. The molecule has 0 saturated carbocycles. The lowest BCUT2D eigenvalue weighted by Crippen LogP contribution is -2.34. The van der Waals surface area contributed by atoms with E-state index in [0.29, 0.717) is 13.0 Å². The van der Waals surface area contributed by atoms with Crippen LogP contribution in [0.4, 0.5) is 0 Å². The van der Waals surface area contributed by atoms with Gasteiger partial charge in [-0.25, -0.2) is 0 Å². The summed E-state index contributed by atoms with van der Waals surface area (Å²) in [7, 11) is 0. The molecule has 1 aliphatic heterocycles. The number of phenols is 2. The van der Waals surface area contributed by atoms with Crippen molar-refractivity contribution in [1.29, 1.82) is 0 Å². The van der Waals surface area contributed by atoms with Crippen molar-refractivity contribution in [2.45, 2.75) is 13.3 Å². The lowest BCUT2D eigenvalue weighted by molar-refractivity contribution is -0.147. The lowest BCUT2D eigenvalue weighted by atomic mass is 9.90. The molecule has 3 N–H and O–H groups in total. The summed E-state index contributed by atoms with van der Waals surface area (Å²) in [6.07, 6.45) is 0.388. The minimum atomic E-state index is -0.936. The van der Waals surface area contributed by atoms with E-state index >= 15 is 0 Å². The molecule has 1 aliphatic rings. The van der Waals surface area contributed by atoms with Crippen molar-refractivity contribution in [3.8, 4) is 11.5 Å². The van der Waals surface area contributed by atoms with Gasteiger partial charge in [0, 0.05) is 24.7 Å². The Morgan fingerprint density at radius 3 is 2.26 bits per heavy atom. The smallest absolute Gasteiger partial charge is 0.311 e. The van der Waals surface area contributed by atoms with Crippen molar-refractivity contribution in [2.24, 2.45) is 5.41 Å². The van der Waals surface area contributed by atoms with Crippen LogP contribution in [-0.2, 0) is 4.79 Å². The van der Waals surface area contributed by atoms with Gasteiger partial charge in [0.05, 0.1) is 5.41 Å². The molecule has 0 radical (unpaired) electrons. The molecule has 19 heavy (non-hydrogen) atoms. The van der Waals surface area contributed by atoms with Crippen LogP contribution in [0, 0.1) is 5.41 Å². The second kappa shape index (κ2) is 4.46. The van der Waals surface area contributed by atoms with Gasteiger partial charge in [0.1, 0.15) is 11.5 Å². The average Bonchev–Trinajstić information content (AvgIpc) is 2.71. The number of aliphatic carboxylic acids is 1. The van der Waals surface area contributed by atoms with Crippen LogP contribution in [0.5, 0.6) is 11.5 Å². The maximum Gasteiger partial charge on any atom is 0.311 e. The van der Waals surface area contributed by atoms with Crippen LogP contribution < -0.4 is 0 Å². The van der Waals surface area contributed by atoms with E-state index in [4.69, 9.17) is 5.11 Å². The average molecular weight is 265 g/mol. The Balaban J connectivity index is 2.20. The summed E-state index contributed by atoms with van der Waals surface area (Å²) in [5.41, 5.74) is -0.790. The lowest BCUT2D eigenvalue weighted by Gasteiger charge is -2.20. The van der Waals surface area contributed by atoms with Crippen LogP contribution >= 0.6 is 0 Å². The number of phenolic OH excluding ortho intramolecular Hbond substituents is 2. The highest BCUT2D eigenvalue weighted by Gasteiger charge is 2.42. The monoisotopic (exact) mass is 265 g/mol. The maximum absolute atomic E-state index is 12.2. The number of likely N-dealkylation sites (tertiary alicyclic amines) is 1. The molecule has 6 heteroatoms. The standard InChI is InChI=1S/C13H15NO5/c1-13(12(18)19)2-3-14(7-13)11(17)8-4-9(15)6-10(16)5-8/h4-6,15-16H,2-3,7H2,1H3,(H,18,19). The van der Waals surface area contributed by atoms with Gasteiger partial charge in [-0.05, 0) is 25.5 Å². The van der Waals surface area contributed by atoms with Crippen LogP contribution in [0.15, 0.2) is 18.2 Å². The number of carbonyl (C=O) groups is 2. The molecule has 0 spiro atoms. The van der Waals surface area contributed by atoms with E-state index in [1.54, 1.807) is 6.92 Å². The SMILES string of the molecule is CC1(C(=O)O)CCN(C(=O)c2cc(O)cc(O)c2)C1. The van der Waals surface area contributed by atoms with Gasteiger partial charge in [0.15, 0.2) is 0 Å². The quantitative estimate of drug-likeness (QED) is 0.742. The van der Waals surface area contributed by atoms with E-state index in [-0.39, 0.29) is 23.6 Å². The number of aromatic hydroxyl groups is 2. The first-order valence-electron chi connectivity index (χ1n) is 5.87. The van der Waals surface area contributed by atoms with E-state index < -0.39 is 17.3 Å². The van der Waals surface area contributed by atoms with Gasteiger partial charge < -0.3 is 20.2 Å². The Labute approximate surface area is 109 Å². The molecule has 1 aromatic rings. The molecule has 1 heterocycles. The fraction of sp³-hybridized carbons (Fsp3) is 0.385. The Bertz CT molecular complexity index is 522. The number of hydrogen-bond donors (Lipinski definition) is 3. The number of nitrogens with zero attached hydrogens (tertiary/aromatic N) is 1.